The lowest BCUT2D eigenvalue weighted by molar-refractivity contribution is -0.142. The first kappa shape index (κ1) is 87.3. The van der Waals surface area contributed by atoms with E-state index in [1.165, 1.54) is 17.6 Å². The highest BCUT2D eigenvalue weighted by molar-refractivity contribution is 7.98. The molecule has 6 aromatic carbocycles. The monoisotopic (exact) mass is 1690 g/mol. The van der Waals surface area contributed by atoms with Crippen LogP contribution in [0.15, 0.2) is 174 Å². The number of nitrogens with one attached hydrogen (secondary N) is 4. The summed E-state index contributed by atoms with van der Waals surface area (Å²) in [5.74, 6) is 0.889. The first-order chi connectivity index (χ1) is 58.4. The number of methoxy groups -OCH3 is 2. The lowest BCUT2D eigenvalue weighted by Crippen LogP contribution is -2.39. The second-order valence-electron chi connectivity index (χ2n) is 29.4. The summed E-state index contributed by atoms with van der Waals surface area (Å²) in [4.78, 5) is 90.5. The van der Waals surface area contributed by atoms with Crippen LogP contribution in [0.5, 0.6) is 11.5 Å². The Kier molecular flexibility index (Phi) is 30.3. The van der Waals surface area contributed by atoms with Gasteiger partial charge in [-0.25, -0.2) is 24.4 Å². The van der Waals surface area contributed by atoms with Gasteiger partial charge in [0.15, 0.2) is 17.0 Å². The van der Waals surface area contributed by atoms with Crippen molar-refractivity contribution >= 4 is 82.0 Å². The standard InChI is InChI=1S/C86H98N14O17P2S/c1-55(2)100(56(3)4)118(111-43-17-40-87)116-69-47-74(98-53-91-77-79(89-52-90-80(77)98)94-82(103)58-29-26-57(27-30-58)28-39-76(102)108-45-46-120-8)115-72(69)51-113-119(112-44-18-41-88)117-70-48-75(114-71(70)50-110-86(59-19-10-9-11-20-59,60-31-35-62(106-6)36-32-60)61-33-37-63(107-7)38-34-61)99-54-92-78-81(99)95-84(96-83(78)104)93-73(101)25-16-42-97(5)85(105)109-49-68-66-23-14-12-21-64(66)65-22-13-15-24-67(65)68/h9-15,19-24,26-27,29-38,52-56,68-72,74-75,79H,16-18,25,28,39,42-51H2,1-8H3,(H,89,90)(H,94,103)(H2,93,95,96,101,104). The molecular formula is C86H98N14O17P2S. The highest BCUT2D eigenvalue weighted by Gasteiger charge is 2.47. The van der Waals surface area contributed by atoms with E-state index in [0.29, 0.717) is 47.4 Å². The SMILES string of the molecule is COc1ccc(C(OCC2OC(n3cnc4c(=O)[nH]c(NC(=O)CCCN(C)C(=O)OCC5c6ccccc6-c6ccccc65)nc43)CC2OP(OCCC#N)OCC2OC(n3cnc4c3N=CNC4NC(=O)c3ccc(CCC(=O)OCCSC)cc3)CC2OP(OCCC#N)N(C(C)C)C(C)C)(c2ccccc2)c2ccc(OC)cc2)cc1. The number of esters is 1. The molecule has 3 aliphatic heterocycles. The Morgan fingerprint density at radius 2 is 1.31 bits per heavy atom. The molecule has 2 fully saturated rings. The fourth-order valence-electron chi connectivity index (χ4n) is 15.0. The molecule has 1 aliphatic carbocycles. The van der Waals surface area contributed by atoms with Gasteiger partial charge in [0.1, 0.15) is 66.8 Å². The molecule has 0 radical (unpaired) electrons. The van der Waals surface area contributed by atoms with Crippen LogP contribution in [0.4, 0.5) is 16.6 Å². The molecule has 34 heteroatoms. The number of aryl methyl sites for hydroxylation is 1. The normalized spacial score (nSPS) is 18.5. The first-order valence-corrected chi connectivity index (χ1v) is 43.4. The van der Waals surface area contributed by atoms with Crippen LogP contribution in [-0.4, -0.2) is 185 Å². The van der Waals surface area contributed by atoms with E-state index in [0.717, 1.165) is 44.5 Å². The number of aromatic amines is 1. The van der Waals surface area contributed by atoms with Crippen molar-refractivity contribution in [3.05, 3.63) is 219 Å². The summed E-state index contributed by atoms with van der Waals surface area (Å²) in [6, 6.07) is 52.3. The number of fused-ring (bicyclic) bond motifs is 5. The van der Waals surface area contributed by atoms with Crippen molar-refractivity contribution in [3.63, 3.8) is 0 Å². The number of amides is 3. The van der Waals surface area contributed by atoms with Crippen LogP contribution in [0.1, 0.15) is 147 Å². The van der Waals surface area contributed by atoms with E-state index in [1.807, 2.05) is 137 Å². The molecule has 0 saturated carbocycles. The number of nitriles is 2. The zero-order chi connectivity index (χ0) is 84.2. The van der Waals surface area contributed by atoms with Crippen LogP contribution < -0.4 is 31.0 Å². The third-order valence-corrected chi connectivity index (χ3v) is 24.8. The molecule has 4 aliphatic rings. The van der Waals surface area contributed by atoms with E-state index in [4.69, 9.17) is 70.7 Å². The van der Waals surface area contributed by atoms with Gasteiger partial charge in [0.2, 0.25) is 11.9 Å². The third-order valence-electron chi connectivity index (χ3n) is 20.9. The number of ether oxygens (including phenoxy) is 7. The topological polar surface area (TPSA) is 363 Å². The molecule has 13 rings (SSSR count). The Labute approximate surface area is 702 Å². The molecule has 3 amide bonds. The molecule has 630 valence electrons. The number of hydrogen-bond donors (Lipinski definition) is 4. The molecule has 0 bridgehead atoms. The van der Waals surface area contributed by atoms with Crippen LogP contribution >= 0.6 is 28.9 Å². The van der Waals surface area contributed by atoms with Crippen molar-refractivity contribution in [1.82, 2.24) is 49.3 Å². The minimum atomic E-state index is -2.47. The summed E-state index contributed by atoms with van der Waals surface area (Å²) >= 11 is 1.60. The number of aromatic nitrogens is 6. The number of rotatable bonds is 41. The van der Waals surface area contributed by atoms with E-state index in [1.54, 1.807) is 72.8 Å². The summed E-state index contributed by atoms with van der Waals surface area (Å²) in [5.41, 5.74) is 6.28. The van der Waals surface area contributed by atoms with Crippen molar-refractivity contribution in [2.24, 2.45) is 4.99 Å². The average molecular weight is 1690 g/mol. The van der Waals surface area contributed by atoms with E-state index in [2.05, 4.69) is 67.0 Å². The molecule has 9 unspecified atom stereocenters. The molecule has 31 nitrogen and oxygen atoms in total. The summed E-state index contributed by atoms with van der Waals surface area (Å²) < 4.78 is 83.8. The Morgan fingerprint density at radius 3 is 1.95 bits per heavy atom. The van der Waals surface area contributed by atoms with Gasteiger partial charge in [0, 0.05) is 68.6 Å². The number of benzene rings is 6. The average Bonchev–Trinajstić information content (AvgIpc) is 1.58. The van der Waals surface area contributed by atoms with Gasteiger partial charge in [0.25, 0.3) is 20.0 Å². The maximum Gasteiger partial charge on any atom is 0.409 e. The predicted octanol–water partition coefficient (Wildman–Crippen LogP) is 14.0. The molecule has 3 aromatic heterocycles. The van der Waals surface area contributed by atoms with Gasteiger partial charge in [0.05, 0.1) is 96.8 Å². The molecular weight excluding hydrogens is 1600 g/mol. The number of nitrogens with zero attached hydrogens (tertiary/aromatic N) is 10. The Bertz CT molecular complexity index is 5050. The lowest BCUT2D eigenvalue weighted by Gasteiger charge is -2.37. The van der Waals surface area contributed by atoms with Crippen molar-refractivity contribution in [2.75, 3.05) is 84.8 Å². The zero-order valence-electron chi connectivity index (χ0n) is 68.0. The minimum absolute atomic E-state index is 0.0331. The predicted molar refractivity (Wildman–Crippen MR) is 451 cm³/mol. The van der Waals surface area contributed by atoms with Crippen LogP contribution in [0.25, 0.3) is 22.3 Å². The maximum absolute atomic E-state index is 14.1. The summed E-state index contributed by atoms with van der Waals surface area (Å²) in [6.45, 7) is 8.38. The zero-order valence-corrected chi connectivity index (χ0v) is 70.6. The van der Waals surface area contributed by atoms with Gasteiger partial charge in [-0.3, -0.25) is 38.6 Å². The van der Waals surface area contributed by atoms with E-state index >= 15 is 0 Å². The highest BCUT2D eigenvalue weighted by atomic mass is 32.2. The largest absolute Gasteiger partial charge is 0.497 e. The van der Waals surface area contributed by atoms with E-state index < -0.39 is 83.3 Å². The minimum Gasteiger partial charge on any atom is -0.497 e. The molecule has 9 atom stereocenters. The quantitative estimate of drug-likeness (QED) is 0.0120. The number of aliphatic imine (C=N–C) groups is 1. The van der Waals surface area contributed by atoms with Crippen LogP contribution in [0.3, 0.4) is 0 Å². The lowest BCUT2D eigenvalue weighted by atomic mass is 9.80. The van der Waals surface area contributed by atoms with Gasteiger partial charge in [-0.2, -0.15) is 27.3 Å². The summed E-state index contributed by atoms with van der Waals surface area (Å²) in [5, 5.41) is 28.7. The molecule has 120 heavy (non-hydrogen) atoms. The first-order valence-electron chi connectivity index (χ1n) is 39.8. The Balaban J connectivity index is 0.767. The molecule has 0 spiro atoms. The van der Waals surface area contributed by atoms with Crippen molar-refractivity contribution in [2.45, 2.75) is 146 Å². The number of imidazole rings is 2. The number of carbonyl (C=O) groups excluding carboxylic acids is 4. The molecule has 2 saturated heterocycles. The second-order valence-corrected chi connectivity index (χ2v) is 32.9. The Morgan fingerprint density at radius 1 is 0.700 bits per heavy atom. The number of hydrogen-bond acceptors (Lipinski definition) is 26. The number of anilines is 1. The van der Waals surface area contributed by atoms with Gasteiger partial charge >= 0.3 is 20.7 Å². The van der Waals surface area contributed by atoms with Crippen LogP contribution in [0.2, 0.25) is 0 Å². The van der Waals surface area contributed by atoms with Gasteiger partial charge in [-0.15, -0.1) is 0 Å². The van der Waals surface area contributed by atoms with Crippen molar-refractivity contribution in [1.29, 1.82) is 10.5 Å². The van der Waals surface area contributed by atoms with Gasteiger partial charge < -0.3 is 71.3 Å². The fourth-order valence-corrected chi connectivity index (χ4v) is 18.2. The summed E-state index contributed by atoms with van der Waals surface area (Å²) in [7, 11) is 0.455. The number of thioether (sulfide) groups is 1. The smallest absolute Gasteiger partial charge is 0.409 e. The third kappa shape index (κ3) is 20.9. The van der Waals surface area contributed by atoms with Crippen LogP contribution in [-0.2, 0) is 67.9 Å². The maximum atomic E-state index is 14.1. The van der Waals surface area contributed by atoms with Crippen molar-refractivity contribution in [3.8, 4) is 34.8 Å². The molecule has 4 N–H and O–H groups in total. The van der Waals surface area contributed by atoms with Gasteiger partial charge in [-0.1, -0.05) is 115 Å². The second kappa shape index (κ2) is 41.6. The molecule has 6 heterocycles. The molecule has 9 aromatic rings. The number of H-pyrrole nitrogens is 1. The van der Waals surface area contributed by atoms with E-state index in [-0.39, 0.29) is 132 Å². The van der Waals surface area contributed by atoms with E-state index in [9.17, 15) is 34.5 Å². The highest BCUT2D eigenvalue weighted by Crippen LogP contribution is 2.53. The fraction of sp³-hybridized carbons (Fsp3) is 0.407. The number of carbonyl (C=O) groups is 4. The van der Waals surface area contributed by atoms with Crippen molar-refractivity contribution < 1.29 is 75.0 Å². The van der Waals surface area contributed by atoms with Gasteiger partial charge in [-0.05, 0) is 128 Å². The Hall–Kier alpha value is -10.5. The summed E-state index contributed by atoms with van der Waals surface area (Å²) in [6.07, 6.45) is 0.777. The van der Waals surface area contributed by atoms with Crippen LogP contribution in [0, 0.1) is 22.7 Å².